The van der Waals surface area contributed by atoms with Crippen molar-refractivity contribution in [2.75, 3.05) is 39.8 Å². The second-order valence-corrected chi connectivity index (χ2v) is 10.7. The second kappa shape index (κ2) is 9.04. The van der Waals surface area contributed by atoms with Gasteiger partial charge in [0, 0.05) is 39.8 Å². The van der Waals surface area contributed by atoms with E-state index in [2.05, 4.69) is 15.2 Å². The highest BCUT2D eigenvalue weighted by Gasteiger charge is 2.36. The summed E-state index contributed by atoms with van der Waals surface area (Å²) in [7, 11) is -1.49. The topological polar surface area (TPSA) is 65.0 Å². The molecule has 0 spiro atoms. The van der Waals surface area contributed by atoms with E-state index in [1.54, 1.807) is 28.6 Å². The fraction of sp³-hybridized carbons (Fsp3) is 0.682. The number of rotatable bonds is 4. The molecule has 0 radical (unpaired) electrons. The van der Waals surface area contributed by atoms with Gasteiger partial charge in [0.15, 0.2) is 5.96 Å². The van der Waals surface area contributed by atoms with E-state index < -0.39 is 10.0 Å². The van der Waals surface area contributed by atoms with Crippen LogP contribution in [-0.2, 0) is 10.0 Å². The summed E-state index contributed by atoms with van der Waals surface area (Å²) >= 11 is 0. The van der Waals surface area contributed by atoms with Crippen LogP contribution < -0.4 is 5.32 Å². The van der Waals surface area contributed by atoms with Crippen molar-refractivity contribution in [1.29, 1.82) is 0 Å². The Bertz CT molecular complexity index is 789. The predicted molar refractivity (Wildman–Crippen MR) is 116 cm³/mol. The van der Waals surface area contributed by atoms with Gasteiger partial charge in [-0.1, -0.05) is 31.0 Å². The van der Waals surface area contributed by atoms with Crippen molar-refractivity contribution >= 4 is 16.0 Å². The van der Waals surface area contributed by atoms with Crippen LogP contribution in [0.15, 0.2) is 40.2 Å². The zero-order chi connectivity index (χ0) is 20.3. The first-order valence-corrected chi connectivity index (χ1v) is 12.5. The van der Waals surface area contributed by atoms with Crippen molar-refractivity contribution in [2.24, 2.45) is 22.7 Å². The molecule has 0 amide bonds. The summed E-state index contributed by atoms with van der Waals surface area (Å²) in [6.45, 7) is 4.33. The minimum atomic E-state index is -3.37. The van der Waals surface area contributed by atoms with Crippen LogP contribution in [0.1, 0.15) is 38.5 Å². The van der Waals surface area contributed by atoms with Gasteiger partial charge < -0.3 is 10.2 Å². The lowest BCUT2D eigenvalue weighted by atomic mass is 9.82. The minimum Gasteiger partial charge on any atom is -0.356 e. The molecule has 2 atom stereocenters. The average Bonchev–Trinajstić information content (AvgIpc) is 3.19. The molecule has 1 aromatic carbocycles. The summed E-state index contributed by atoms with van der Waals surface area (Å²) in [5.41, 5.74) is 0. The molecule has 2 saturated heterocycles. The molecule has 4 rings (SSSR count). The number of nitrogens with zero attached hydrogens (tertiary/aromatic N) is 3. The smallest absolute Gasteiger partial charge is 0.243 e. The van der Waals surface area contributed by atoms with Crippen LogP contribution in [-0.4, -0.2) is 63.4 Å². The van der Waals surface area contributed by atoms with Gasteiger partial charge in [0.1, 0.15) is 0 Å². The molecule has 7 heteroatoms. The molecule has 160 valence electrons. The molecule has 29 heavy (non-hydrogen) atoms. The summed E-state index contributed by atoms with van der Waals surface area (Å²) in [6.07, 6.45) is 7.28. The van der Waals surface area contributed by atoms with Gasteiger partial charge in [-0.3, -0.25) is 4.99 Å². The molecule has 3 fully saturated rings. The van der Waals surface area contributed by atoms with Crippen molar-refractivity contribution in [1.82, 2.24) is 14.5 Å². The summed E-state index contributed by atoms with van der Waals surface area (Å²) in [5.74, 6) is 3.19. The molecule has 3 aliphatic rings. The zero-order valence-electron chi connectivity index (χ0n) is 17.5. The molecule has 1 N–H and O–H groups in total. The third-order valence-corrected chi connectivity index (χ3v) is 8.90. The number of nitrogens with one attached hydrogen (secondary N) is 1. The Hall–Kier alpha value is -1.60. The Morgan fingerprint density at radius 1 is 1.03 bits per heavy atom. The molecule has 1 aromatic rings. The van der Waals surface area contributed by atoms with Crippen LogP contribution >= 0.6 is 0 Å². The molecule has 1 saturated carbocycles. The molecular formula is C22H34N4O2S. The van der Waals surface area contributed by atoms with Gasteiger partial charge in [-0.25, -0.2) is 8.42 Å². The highest BCUT2D eigenvalue weighted by molar-refractivity contribution is 7.89. The Morgan fingerprint density at radius 2 is 1.66 bits per heavy atom. The number of hydrogen-bond acceptors (Lipinski definition) is 3. The first kappa shape index (κ1) is 20.7. The highest BCUT2D eigenvalue weighted by atomic mass is 32.2. The maximum atomic E-state index is 12.8. The lowest BCUT2D eigenvalue weighted by Crippen LogP contribution is -2.45. The van der Waals surface area contributed by atoms with Crippen LogP contribution in [0.25, 0.3) is 0 Å². The number of aliphatic imine (C=N–C) groups is 1. The number of guanidine groups is 1. The van der Waals surface area contributed by atoms with E-state index in [4.69, 9.17) is 0 Å². The Labute approximate surface area is 175 Å². The molecule has 2 heterocycles. The number of likely N-dealkylation sites (tertiary alicyclic amines) is 1. The molecule has 2 unspecified atom stereocenters. The Morgan fingerprint density at radius 3 is 2.24 bits per heavy atom. The van der Waals surface area contributed by atoms with Crippen LogP contribution in [0.2, 0.25) is 0 Å². The third kappa shape index (κ3) is 4.61. The van der Waals surface area contributed by atoms with Crippen molar-refractivity contribution in [3.8, 4) is 0 Å². The van der Waals surface area contributed by atoms with E-state index in [0.717, 1.165) is 50.3 Å². The molecule has 1 aliphatic carbocycles. The number of sulfonamides is 1. The molecule has 2 aliphatic heterocycles. The Kier molecular flexibility index (Phi) is 6.44. The zero-order valence-corrected chi connectivity index (χ0v) is 18.3. The van der Waals surface area contributed by atoms with Crippen molar-refractivity contribution < 1.29 is 8.42 Å². The van der Waals surface area contributed by atoms with Crippen LogP contribution in [0.4, 0.5) is 0 Å². The summed E-state index contributed by atoms with van der Waals surface area (Å²) in [5, 5.41) is 3.58. The van der Waals surface area contributed by atoms with E-state index in [-0.39, 0.29) is 0 Å². The summed E-state index contributed by atoms with van der Waals surface area (Å²) in [4.78, 5) is 7.37. The second-order valence-electron chi connectivity index (χ2n) is 8.80. The quantitative estimate of drug-likeness (QED) is 0.603. The maximum absolute atomic E-state index is 12.8. The van der Waals surface area contributed by atoms with Gasteiger partial charge in [0.2, 0.25) is 10.0 Å². The molecule has 0 bridgehead atoms. The summed E-state index contributed by atoms with van der Waals surface area (Å²) in [6, 6.07) is 8.77. The van der Waals surface area contributed by atoms with E-state index >= 15 is 0 Å². The molecular weight excluding hydrogens is 384 g/mol. The van der Waals surface area contributed by atoms with E-state index in [1.165, 1.54) is 25.7 Å². The molecule has 6 nitrogen and oxygen atoms in total. The fourth-order valence-corrected chi connectivity index (χ4v) is 6.73. The third-order valence-electron chi connectivity index (χ3n) is 6.99. The van der Waals surface area contributed by atoms with Gasteiger partial charge in [0.05, 0.1) is 4.90 Å². The van der Waals surface area contributed by atoms with Crippen LogP contribution in [0, 0.1) is 17.8 Å². The van der Waals surface area contributed by atoms with Gasteiger partial charge >= 0.3 is 0 Å². The number of fused-ring (bicyclic) bond motifs is 1. The first-order chi connectivity index (χ1) is 14.1. The van der Waals surface area contributed by atoms with E-state index in [0.29, 0.717) is 23.9 Å². The van der Waals surface area contributed by atoms with E-state index in [1.807, 2.05) is 13.1 Å². The molecule has 0 aromatic heterocycles. The number of piperidine rings is 1. The first-order valence-electron chi connectivity index (χ1n) is 11.1. The van der Waals surface area contributed by atoms with E-state index in [9.17, 15) is 8.42 Å². The largest absolute Gasteiger partial charge is 0.356 e. The minimum absolute atomic E-state index is 0.396. The monoisotopic (exact) mass is 418 g/mol. The normalized spacial score (nSPS) is 27.1. The lowest BCUT2D eigenvalue weighted by molar-refractivity contribution is 0.272. The van der Waals surface area contributed by atoms with Crippen molar-refractivity contribution in [3.63, 3.8) is 0 Å². The van der Waals surface area contributed by atoms with Gasteiger partial charge in [-0.05, 0) is 55.6 Å². The number of benzene rings is 1. The standard InChI is InChI=1S/C22H34N4O2S/c1-23-22(25-16-19-7-5-6-8-20(19)17-25)24-15-18-11-13-26(14-12-18)29(27,28)21-9-3-2-4-10-21/h2-4,9-10,18-20H,5-8,11-17H2,1H3,(H,23,24). The van der Waals surface area contributed by atoms with Gasteiger partial charge in [-0.15, -0.1) is 0 Å². The van der Waals surface area contributed by atoms with Gasteiger partial charge in [-0.2, -0.15) is 4.31 Å². The average molecular weight is 419 g/mol. The lowest BCUT2D eigenvalue weighted by Gasteiger charge is -2.32. The van der Waals surface area contributed by atoms with Crippen molar-refractivity contribution in [2.45, 2.75) is 43.4 Å². The summed E-state index contributed by atoms with van der Waals surface area (Å²) < 4.78 is 27.2. The Balaban J connectivity index is 1.26. The fourth-order valence-electron chi connectivity index (χ4n) is 5.24. The highest BCUT2D eigenvalue weighted by Crippen LogP contribution is 2.36. The predicted octanol–water partition coefficient (Wildman–Crippen LogP) is 2.78. The SMILES string of the molecule is CN=C(NCC1CCN(S(=O)(=O)c2ccccc2)CC1)N1CC2CCCCC2C1. The maximum Gasteiger partial charge on any atom is 0.243 e. The number of hydrogen-bond donors (Lipinski definition) is 1. The van der Waals surface area contributed by atoms with Crippen molar-refractivity contribution in [3.05, 3.63) is 30.3 Å². The van der Waals surface area contributed by atoms with Crippen LogP contribution in [0.5, 0.6) is 0 Å². The van der Waals surface area contributed by atoms with Gasteiger partial charge in [0.25, 0.3) is 0 Å². The van der Waals surface area contributed by atoms with Crippen LogP contribution in [0.3, 0.4) is 0 Å².